The SMILES string of the molecule is Cc1cccc(C)c1C(=O)c1ccccc1P=O. The molecule has 0 saturated carbocycles. The van der Waals surface area contributed by atoms with Crippen molar-refractivity contribution in [1.29, 1.82) is 0 Å². The molecule has 18 heavy (non-hydrogen) atoms. The van der Waals surface area contributed by atoms with Crippen molar-refractivity contribution in [2.75, 3.05) is 0 Å². The molecule has 0 aliphatic carbocycles. The summed E-state index contributed by atoms with van der Waals surface area (Å²) < 4.78 is 11.1. The van der Waals surface area contributed by atoms with Crippen molar-refractivity contribution in [3.8, 4) is 0 Å². The fourth-order valence-corrected chi connectivity index (χ4v) is 2.47. The molecule has 0 aromatic heterocycles. The van der Waals surface area contributed by atoms with E-state index in [2.05, 4.69) is 0 Å². The Hall–Kier alpha value is -1.79. The predicted molar refractivity (Wildman–Crippen MR) is 73.0 cm³/mol. The first-order chi connectivity index (χ1) is 8.65. The van der Waals surface area contributed by atoms with Gasteiger partial charge in [0.1, 0.15) is 0 Å². The molecular formula is C15H13O2P. The van der Waals surface area contributed by atoms with Crippen LogP contribution in [0.15, 0.2) is 42.5 Å². The molecule has 0 fully saturated rings. The summed E-state index contributed by atoms with van der Waals surface area (Å²) in [6, 6.07) is 12.7. The maximum atomic E-state index is 12.5. The second-order valence-corrected chi connectivity index (χ2v) is 4.87. The van der Waals surface area contributed by atoms with E-state index >= 15 is 0 Å². The summed E-state index contributed by atoms with van der Waals surface area (Å²) in [5.41, 5.74) is 3.09. The van der Waals surface area contributed by atoms with E-state index in [0.29, 0.717) is 16.4 Å². The average molecular weight is 256 g/mol. The quantitative estimate of drug-likeness (QED) is 0.622. The van der Waals surface area contributed by atoms with E-state index < -0.39 is 0 Å². The summed E-state index contributed by atoms with van der Waals surface area (Å²) in [6.45, 7) is 3.83. The number of rotatable bonds is 3. The zero-order valence-electron chi connectivity index (χ0n) is 10.3. The minimum atomic E-state index is -0.126. The highest BCUT2D eigenvalue weighted by Gasteiger charge is 2.17. The highest BCUT2D eigenvalue weighted by molar-refractivity contribution is 7.34. The average Bonchev–Trinajstić information content (AvgIpc) is 2.38. The Morgan fingerprint density at radius 2 is 1.56 bits per heavy atom. The van der Waals surface area contributed by atoms with Crippen LogP contribution in [0.1, 0.15) is 27.0 Å². The van der Waals surface area contributed by atoms with Gasteiger partial charge in [0.2, 0.25) is 0 Å². The molecule has 0 amide bonds. The number of hydrogen-bond donors (Lipinski definition) is 0. The maximum Gasteiger partial charge on any atom is 0.194 e. The van der Waals surface area contributed by atoms with Gasteiger partial charge in [-0.15, -0.1) is 0 Å². The van der Waals surface area contributed by atoms with Crippen molar-refractivity contribution in [3.63, 3.8) is 0 Å². The Balaban J connectivity index is 2.59. The summed E-state index contributed by atoms with van der Waals surface area (Å²) in [6.07, 6.45) is 0. The molecule has 2 aromatic rings. The van der Waals surface area contributed by atoms with Crippen LogP contribution in [0.25, 0.3) is 0 Å². The molecule has 2 aromatic carbocycles. The third kappa shape index (κ3) is 2.25. The number of carbonyl (C=O) groups is 1. The topological polar surface area (TPSA) is 34.1 Å². The minimum Gasteiger partial charge on any atom is -0.289 e. The molecule has 2 rings (SSSR count). The van der Waals surface area contributed by atoms with Crippen LogP contribution in [0, 0.1) is 13.8 Å². The van der Waals surface area contributed by atoms with E-state index in [1.54, 1.807) is 24.3 Å². The number of ketones is 1. The number of aryl methyl sites for hydroxylation is 2. The lowest BCUT2D eigenvalue weighted by Gasteiger charge is -2.09. The second kappa shape index (κ2) is 5.24. The maximum absolute atomic E-state index is 12.5. The van der Waals surface area contributed by atoms with Crippen LogP contribution in [-0.4, -0.2) is 5.78 Å². The van der Waals surface area contributed by atoms with E-state index in [1.807, 2.05) is 32.0 Å². The minimum absolute atomic E-state index is 0.0652. The van der Waals surface area contributed by atoms with Crippen molar-refractivity contribution in [2.45, 2.75) is 13.8 Å². The number of carbonyl (C=O) groups excluding carboxylic acids is 1. The van der Waals surface area contributed by atoms with Crippen molar-refractivity contribution >= 4 is 19.5 Å². The van der Waals surface area contributed by atoms with Crippen molar-refractivity contribution in [3.05, 3.63) is 64.7 Å². The van der Waals surface area contributed by atoms with Crippen LogP contribution in [0.5, 0.6) is 0 Å². The largest absolute Gasteiger partial charge is 0.289 e. The molecule has 0 radical (unpaired) electrons. The van der Waals surface area contributed by atoms with Gasteiger partial charge in [0.25, 0.3) is 0 Å². The predicted octanol–water partition coefficient (Wildman–Crippen LogP) is 3.45. The smallest absolute Gasteiger partial charge is 0.194 e. The summed E-state index contributed by atoms with van der Waals surface area (Å²) in [5.74, 6) is -0.0652. The van der Waals surface area contributed by atoms with Gasteiger partial charge < -0.3 is 0 Å². The van der Waals surface area contributed by atoms with Gasteiger partial charge in [0.05, 0.1) is 5.30 Å². The van der Waals surface area contributed by atoms with Gasteiger partial charge >= 0.3 is 0 Å². The molecule has 3 heteroatoms. The van der Waals surface area contributed by atoms with Crippen molar-refractivity contribution < 1.29 is 9.36 Å². The zero-order valence-corrected chi connectivity index (χ0v) is 11.2. The molecule has 90 valence electrons. The Kier molecular flexibility index (Phi) is 3.69. The Morgan fingerprint density at radius 3 is 2.17 bits per heavy atom. The second-order valence-electron chi connectivity index (χ2n) is 4.20. The van der Waals surface area contributed by atoms with Gasteiger partial charge in [0, 0.05) is 11.1 Å². The van der Waals surface area contributed by atoms with E-state index in [-0.39, 0.29) is 14.2 Å². The lowest BCUT2D eigenvalue weighted by atomic mass is 9.95. The highest BCUT2D eigenvalue weighted by Crippen LogP contribution is 2.18. The fraction of sp³-hybridized carbons (Fsp3) is 0.133. The molecule has 0 aliphatic rings. The van der Waals surface area contributed by atoms with Crippen LogP contribution in [0.2, 0.25) is 0 Å². The highest BCUT2D eigenvalue weighted by atomic mass is 31.1. The lowest BCUT2D eigenvalue weighted by molar-refractivity contribution is 0.103. The molecule has 0 bridgehead atoms. The summed E-state index contributed by atoms with van der Waals surface area (Å²) in [5, 5.41) is 0.533. The first-order valence-electron chi connectivity index (χ1n) is 5.68. The molecule has 0 unspecified atom stereocenters. The third-order valence-electron chi connectivity index (χ3n) is 2.96. The number of hydrogen-bond acceptors (Lipinski definition) is 2. The van der Waals surface area contributed by atoms with Gasteiger partial charge in [0.15, 0.2) is 14.2 Å². The molecular weight excluding hydrogens is 243 g/mol. The zero-order chi connectivity index (χ0) is 13.1. The molecule has 0 atom stereocenters. The summed E-state index contributed by atoms with van der Waals surface area (Å²) >= 11 is 0. The summed E-state index contributed by atoms with van der Waals surface area (Å²) in [4.78, 5) is 12.5. The molecule has 0 spiro atoms. The van der Waals surface area contributed by atoms with Crippen LogP contribution in [0.4, 0.5) is 0 Å². The summed E-state index contributed by atoms with van der Waals surface area (Å²) in [7, 11) is -0.126. The lowest BCUT2D eigenvalue weighted by Crippen LogP contribution is -2.13. The van der Waals surface area contributed by atoms with Gasteiger partial charge in [-0.2, -0.15) is 0 Å². The van der Waals surface area contributed by atoms with Crippen molar-refractivity contribution in [2.24, 2.45) is 0 Å². The molecule has 2 nitrogen and oxygen atoms in total. The van der Waals surface area contributed by atoms with E-state index in [4.69, 9.17) is 0 Å². The normalized spacial score (nSPS) is 10.6. The van der Waals surface area contributed by atoms with Crippen LogP contribution >= 0.6 is 8.46 Å². The first kappa shape index (κ1) is 12.7. The Bertz CT molecular complexity index is 597. The van der Waals surface area contributed by atoms with Gasteiger partial charge in [-0.3, -0.25) is 9.36 Å². The molecule has 0 aliphatic heterocycles. The van der Waals surface area contributed by atoms with Gasteiger partial charge in [-0.05, 0) is 37.1 Å². The monoisotopic (exact) mass is 256 g/mol. The van der Waals surface area contributed by atoms with Crippen LogP contribution < -0.4 is 5.30 Å². The van der Waals surface area contributed by atoms with Gasteiger partial charge in [-0.25, -0.2) is 0 Å². The Labute approximate surface area is 108 Å². The van der Waals surface area contributed by atoms with Crippen LogP contribution in [-0.2, 0) is 4.57 Å². The molecule has 0 N–H and O–H groups in total. The molecule has 0 heterocycles. The van der Waals surface area contributed by atoms with Crippen molar-refractivity contribution in [1.82, 2.24) is 0 Å². The standard InChI is InChI=1S/C15H13O2P/c1-10-6-5-7-11(2)14(10)15(16)12-8-3-4-9-13(12)18-17/h3-9H,1-2H3. The van der Waals surface area contributed by atoms with Crippen LogP contribution in [0.3, 0.4) is 0 Å². The fourth-order valence-electron chi connectivity index (χ4n) is 2.05. The van der Waals surface area contributed by atoms with E-state index in [9.17, 15) is 9.36 Å². The third-order valence-corrected chi connectivity index (χ3v) is 3.54. The van der Waals surface area contributed by atoms with Gasteiger partial charge in [-0.1, -0.05) is 30.3 Å². The first-order valence-corrected chi connectivity index (χ1v) is 6.49. The Morgan fingerprint density at radius 1 is 0.944 bits per heavy atom. The van der Waals surface area contributed by atoms with E-state index in [0.717, 1.165) is 11.1 Å². The van der Waals surface area contributed by atoms with E-state index in [1.165, 1.54) is 0 Å². The molecule has 0 saturated heterocycles. The number of benzene rings is 2.